The van der Waals surface area contributed by atoms with Crippen molar-refractivity contribution in [2.24, 2.45) is 0 Å². The Morgan fingerprint density at radius 3 is 2.72 bits per heavy atom. The van der Waals surface area contributed by atoms with Crippen LogP contribution in [-0.2, 0) is 6.18 Å². The molecule has 4 aromatic rings. The monoisotopic (exact) mass is 420 g/mol. The second-order valence-electron chi connectivity index (χ2n) is 6.60. The Morgan fingerprint density at radius 2 is 2.00 bits per heavy atom. The lowest BCUT2D eigenvalue weighted by Crippen LogP contribution is -2.19. The number of alkyl halides is 3. The summed E-state index contributed by atoms with van der Waals surface area (Å²) in [6.07, 6.45) is -4.46. The number of aryl methyl sites for hydroxylation is 2. The highest BCUT2D eigenvalue weighted by atomic mass is 32.1. The number of hydrogen-bond donors (Lipinski definition) is 1. The molecule has 4 rings (SSSR count). The van der Waals surface area contributed by atoms with Crippen molar-refractivity contribution in [2.75, 3.05) is 0 Å². The lowest BCUT2D eigenvalue weighted by Gasteiger charge is -2.09. The molecule has 0 saturated heterocycles. The number of H-pyrrole nitrogens is 1. The van der Waals surface area contributed by atoms with Crippen molar-refractivity contribution < 1.29 is 13.2 Å². The molecule has 1 aromatic carbocycles. The Balaban J connectivity index is 1.70. The SMILES string of the molecule is Cc1sc2nc(C(C)n3nnc(-c4cccc(C(F)(F)F)c4)n3)[nH]c(=O)c2c1C. The molecule has 150 valence electrons. The third-order valence-corrected chi connectivity index (χ3v) is 5.78. The lowest BCUT2D eigenvalue weighted by molar-refractivity contribution is -0.137. The predicted octanol–water partition coefficient (Wildman–Crippen LogP) is 3.88. The van der Waals surface area contributed by atoms with E-state index in [1.807, 2.05) is 13.8 Å². The first-order valence-corrected chi connectivity index (χ1v) is 9.44. The highest BCUT2D eigenvalue weighted by Gasteiger charge is 2.31. The first-order chi connectivity index (χ1) is 13.6. The van der Waals surface area contributed by atoms with Crippen molar-refractivity contribution in [1.82, 2.24) is 30.2 Å². The van der Waals surface area contributed by atoms with E-state index in [4.69, 9.17) is 0 Å². The van der Waals surface area contributed by atoms with Gasteiger partial charge in [-0.1, -0.05) is 12.1 Å². The van der Waals surface area contributed by atoms with Crippen LogP contribution in [0, 0.1) is 13.8 Å². The average molecular weight is 420 g/mol. The van der Waals surface area contributed by atoms with Gasteiger partial charge in [-0.05, 0) is 43.7 Å². The summed E-state index contributed by atoms with van der Waals surface area (Å²) in [5, 5.41) is 12.5. The van der Waals surface area contributed by atoms with Crippen molar-refractivity contribution in [2.45, 2.75) is 33.0 Å². The number of aromatic nitrogens is 6. The van der Waals surface area contributed by atoms with E-state index >= 15 is 0 Å². The minimum absolute atomic E-state index is 0.0502. The van der Waals surface area contributed by atoms with E-state index in [1.54, 1.807) is 6.92 Å². The van der Waals surface area contributed by atoms with Gasteiger partial charge >= 0.3 is 6.18 Å². The van der Waals surface area contributed by atoms with Gasteiger partial charge in [-0.3, -0.25) is 4.79 Å². The van der Waals surface area contributed by atoms with E-state index in [9.17, 15) is 18.0 Å². The third-order valence-electron chi connectivity index (χ3n) is 4.68. The van der Waals surface area contributed by atoms with Crippen molar-refractivity contribution in [1.29, 1.82) is 0 Å². The van der Waals surface area contributed by atoms with Crippen LogP contribution in [0.4, 0.5) is 13.2 Å². The average Bonchev–Trinajstić information content (AvgIpc) is 3.26. The zero-order valence-electron chi connectivity index (χ0n) is 15.6. The number of thiophene rings is 1. The van der Waals surface area contributed by atoms with E-state index < -0.39 is 17.8 Å². The number of aromatic amines is 1. The fourth-order valence-electron chi connectivity index (χ4n) is 2.92. The maximum absolute atomic E-state index is 12.9. The van der Waals surface area contributed by atoms with Crippen molar-refractivity contribution >= 4 is 21.6 Å². The first-order valence-electron chi connectivity index (χ1n) is 8.62. The van der Waals surface area contributed by atoms with Crippen molar-refractivity contribution in [3.05, 3.63) is 56.4 Å². The number of tetrazole rings is 1. The number of nitrogens with one attached hydrogen (secondary N) is 1. The van der Waals surface area contributed by atoms with Gasteiger partial charge in [0.25, 0.3) is 5.56 Å². The summed E-state index contributed by atoms with van der Waals surface area (Å²) >= 11 is 1.42. The molecule has 0 radical (unpaired) electrons. The van der Waals surface area contributed by atoms with Crippen LogP contribution in [0.5, 0.6) is 0 Å². The highest BCUT2D eigenvalue weighted by Crippen LogP contribution is 2.31. The van der Waals surface area contributed by atoms with Gasteiger partial charge in [-0.15, -0.1) is 21.5 Å². The van der Waals surface area contributed by atoms with Gasteiger partial charge in [0.15, 0.2) is 0 Å². The van der Waals surface area contributed by atoms with Gasteiger partial charge in [0.1, 0.15) is 16.7 Å². The molecule has 1 atom stereocenters. The van der Waals surface area contributed by atoms with E-state index in [0.29, 0.717) is 16.0 Å². The molecule has 11 heteroatoms. The molecule has 0 fully saturated rings. The topological polar surface area (TPSA) is 89.3 Å². The van der Waals surface area contributed by atoms with Gasteiger partial charge in [0.05, 0.1) is 10.9 Å². The third kappa shape index (κ3) is 3.41. The normalized spacial score (nSPS) is 13.2. The number of halogens is 3. The fraction of sp³-hybridized carbons (Fsp3) is 0.278. The van der Waals surface area contributed by atoms with Gasteiger partial charge < -0.3 is 4.98 Å². The molecular weight excluding hydrogens is 405 g/mol. The van der Waals surface area contributed by atoms with Crippen LogP contribution < -0.4 is 5.56 Å². The van der Waals surface area contributed by atoms with Gasteiger partial charge in [-0.2, -0.15) is 18.0 Å². The fourth-order valence-corrected chi connectivity index (χ4v) is 3.95. The van der Waals surface area contributed by atoms with Crippen molar-refractivity contribution in [3.63, 3.8) is 0 Å². The summed E-state index contributed by atoms with van der Waals surface area (Å²) < 4.78 is 38.8. The van der Waals surface area contributed by atoms with Gasteiger partial charge in [-0.25, -0.2) is 4.98 Å². The Kier molecular flexibility index (Phi) is 4.49. The molecule has 0 aliphatic carbocycles. The molecule has 7 nitrogen and oxygen atoms in total. The second-order valence-corrected chi connectivity index (χ2v) is 7.81. The van der Waals surface area contributed by atoms with E-state index in [1.165, 1.54) is 28.3 Å². The summed E-state index contributed by atoms with van der Waals surface area (Å²) in [6.45, 7) is 5.51. The molecule has 0 bridgehead atoms. The molecule has 0 saturated carbocycles. The molecule has 3 aromatic heterocycles. The Hall–Kier alpha value is -3.08. The summed E-state index contributed by atoms with van der Waals surface area (Å²) in [7, 11) is 0. The molecule has 1 unspecified atom stereocenters. The van der Waals surface area contributed by atoms with Crippen LogP contribution in [0.3, 0.4) is 0 Å². The van der Waals surface area contributed by atoms with E-state index in [0.717, 1.165) is 22.6 Å². The molecule has 29 heavy (non-hydrogen) atoms. The molecule has 1 N–H and O–H groups in total. The van der Waals surface area contributed by atoms with Crippen molar-refractivity contribution in [3.8, 4) is 11.4 Å². The van der Waals surface area contributed by atoms with Gasteiger partial charge in [0.2, 0.25) is 5.82 Å². The summed E-state index contributed by atoms with van der Waals surface area (Å²) in [6, 6.07) is 4.14. The zero-order chi connectivity index (χ0) is 20.9. The Bertz CT molecular complexity index is 1270. The second kappa shape index (κ2) is 6.76. The maximum Gasteiger partial charge on any atom is 0.416 e. The summed E-state index contributed by atoms with van der Waals surface area (Å²) in [5.41, 5.74) is 0.0413. The van der Waals surface area contributed by atoms with Crippen LogP contribution in [0.1, 0.15) is 34.8 Å². The van der Waals surface area contributed by atoms with Crippen LogP contribution in [0.25, 0.3) is 21.6 Å². The molecular formula is C18H15F3N6OS. The number of benzene rings is 1. The first kappa shape index (κ1) is 19.2. The molecule has 0 aliphatic rings. The van der Waals surface area contributed by atoms with Crippen LogP contribution in [0.2, 0.25) is 0 Å². The standard InChI is InChI=1S/C18H15F3N6OS/c1-8-10(3)29-17-13(8)16(28)22-14(23-17)9(2)27-25-15(24-26-27)11-5-4-6-12(7-11)18(19,20)21/h4-7,9H,1-3H3,(H,22,23,28). The minimum atomic E-state index is -4.46. The number of fused-ring (bicyclic) bond motifs is 1. The molecule has 0 aliphatic heterocycles. The van der Waals surface area contributed by atoms with Crippen LogP contribution >= 0.6 is 11.3 Å². The molecule has 0 amide bonds. The highest BCUT2D eigenvalue weighted by molar-refractivity contribution is 7.18. The molecule has 0 spiro atoms. The minimum Gasteiger partial charge on any atom is -0.308 e. The van der Waals surface area contributed by atoms with Gasteiger partial charge in [0, 0.05) is 10.4 Å². The summed E-state index contributed by atoms with van der Waals surface area (Å²) in [4.78, 5) is 22.6. The number of nitrogens with zero attached hydrogens (tertiary/aromatic N) is 5. The Labute approximate surface area is 166 Å². The smallest absolute Gasteiger partial charge is 0.308 e. The van der Waals surface area contributed by atoms with E-state index in [2.05, 4.69) is 25.4 Å². The lowest BCUT2D eigenvalue weighted by atomic mass is 10.1. The summed E-state index contributed by atoms with van der Waals surface area (Å²) in [5.74, 6) is 0.394. The molecule has 3 heterocycles. The maximum atomic E-state index is 12.9. The predicted molar refractivity (Wildman–Crippen MR) is 102 cm³/mol. The van der Waals surface area contributed by atoms with Crippen LogP contribution in [0.15, 0.2) is 29.1 Å². The number of rotatable bonds is 3. The largest absolute Gasteiger partial charge is 0.416 e. The van der Waals surface area contributed by atoms with Crippen LogP contribution in [-0.4, -0.2) is 30.2 Å². The van der Waals surface area contributed by atoms with E-state index in [-0.39, 0.29) is 16.9 Å². The quantitative estimate of drug-likeness (QED) is 0.543. The Morgan fingerprint density at radius 1 is 1.24 bits per heavy atom. The number of hydrogen-bond acceptors (Lipinski definition) is 6. The zero-order valence-corrected chi connectivity index (χ0v) is 16.4.